The molecule has 0 radical (unpaired) electrons. The van der Waals surface area contributed by atoms with E-state index in [1.54, 1.807) is 23.5 Å². The van der Waals surface area contributed by atoms with Crippen LogP contribution in [0.2, 0.25) is 0 Å². The Kier molecular flexibility index (Phi) is 2.69. The lowest BCUT2D eigenvalue weighted by Gasteiger charge is -2.18. The largest absolute Gasteiger partial charge is 0.297 e. The molecule has 1 saturated heterocycles. The van der Waals surface area contributed by atoms with Gasteiger partial charge in [-0.1, -0.05) is 6.92 Å². The van der Waals surface area contributed by atoms with E-state index in [1.807, 2.05) is 13.8 Å². The predicted octanol–water partition coefficient (Wildman–Crippen LogP) is 2.16. The summed E-state index contributed by atoms with van der Waals surface area (Å²) in [7, 11) is 0. The maximum atomic E-state index is 11.3. The first-order valence-electron chi connectivity index (χ1n) is 3.50. The molecule has 0 aliphatic carbocycles. The summed E-state index contributed by atoms with van der Waals surface area (Å²) >= 11 is 3.58. The molecule has 0 aromatic carbocycles. The summed E-state index contributed by atoms with van der Waals surface area (Å²) in [6.45, 7) is 3.98. The molecule has 1 aliphatic rings. The predicted molar refractivity (Wildman–Crippen MR) is 48.6 cm³/mol. The van der Waals surface area contributed by atoms with Crippen LogP contribution in [-0.2, 0) is 4.79 Å². The third-order valence-corrected chi connectivity index (χ3v) is 5.01. The normalized spacial score (nSPS) is 23.0. The van der Waals surface area contributed by atoms with Crippen molar-refractivity contribution < 1.29 is 4.79 Å². The van der Waals surface area contributed by atoms with E-state index in [2.05, 4.69) is 0 Å². The molecular formula is C7H12OS2. The molecule has 10 heavy (non-hydrogen) atoms. The van der Waals surface area contributed by atoms with Gasteiger partial charge in [0.1, 0.15) is 4.08 Å². The molecule has 0 aromatic rings. The molecule has 0 aromatic heterocycles. The molecule has 0 atom stereocenters. The Morgan fingerprint density at radius 3 is 2.40 bits per heavy atom. The van der Waals surface area contributed by atoms with Gasteiger partial charge in [-0.15, -0.1) is 23.5 Å². The van der Waals surface area contributed by atoms with Gasteiger partial charge in [0.15, 0.2) is 5.78 Å². The Morgan fingerprint density at radius 2 is 2.00 bits per heavy atom. The quantitative estimate of drug-likeness (QED) is 0.642. The summed E-state index contributed by atoms with van der Waals surface area (Å²) < 4.78 is -0.102. The van der Waals surface area contributed by atoms with Crippen LogP contribution in [0.4, 0.5) is 0 Å². The van der Waals surface area contributed by atoms with Gasteiger partial charge < -0.3 is 0 Å². The summed E-state index contributed by atoms with van der Waals surface area (Å²) in [5.41, 5.74) is 0. The Morgan fingerprint density at radius 1 is 1.50 bits per heavy atom. The van der Waals surface area contributed by atoms with Crippen LogP contribution in [0.1, 0.15) is 20.3 Å². The SMILES string of the molecule is CCC(=O)C1(C)SCCS1. The van der Waals surface area contributed by atoms with Crippen molar-refractivity contribution in [2.75, 3.05) is 11.5 Å². The van der Waals surface area contributed by atoms with Gasteiger partial charge in [-0.2, -0.15) is 0 Å². The number of Topliss-reactive ketones (excluding diaryl/α,β-unsaturated/α-hetero) is 1. The van der Waals surface area contributed by atoms with E-state index in [1.165, 1.54) is 0 Å². The number of rotatable bonds is 2. The summed E-state index contributed by atoms with van der Waals surface area (Å²) in [5.74, 6) is 2.65. The molecule has 1 heterocycles. The van der Waals surface area contributed by atoms with Crippen molar-refractivity contribution in [3.05, 3.63) is 0 Å². The van der Waals surface area contributed by atoms with Crippen LogP contribution in [0, 0.1) is 0 Å². The second-order valence-electron chi connectivity index (χ2n) is 2.42. The minimum atomic E-state index is -0.102. The first-order valence-corrected chi connectivity index (χ1v) is 5.47. The Balaban J connectivity index is 2.58. The molecule has 0 saturated carbocycles. The van der Waals surface area contributed by atoms with E-state index < -0.39 is 0 Å². The average Bonchev–Trinajstić information content (AvgIpc) is 2.36. The van der Waals surface area contributed by atoms with E-state index in [-0.39, 0.29) is 4.08 Å². The van der Waals surface area contributed by atoms with Gasteiger partial charge in [0.05, 0.1) is 0 Å². The molecule has 0 N–H and O–H groups in total. The zero-order valence-electron chi connectivity index (χ0n) is 6.35. The Hall–Kier alpha value is 0.370. The number of carbonyl (C=O) groups excluding carboxylic acids is 1. The van der Waals surface area contributed by atoms with Crippen molar-refractivity contribution in [1.29, 1.82) is 0 Å². The molecule has 0 unspecified atom stereocenters. The fourth-order valence-electron chi connectivity index (χ4n) is 0.997. The van der Waals surface area contributed by atoms with E-state index in [9.17, 15) is 4.79 Å². The van der Waals surface area contributed by atoms with Gasteiger partial charge in [0.25, 0.3) is 0 Å². The van der Waals surface area contributed by atoms with E-state index in [4.69, 9.17) is 0 Å². The second-order valence-corrected chi connectivity index (χ2v) is 5.70. The van der Waals surface area contributed by atoms with Crippen LogP contribution >= 0.6 is 23.5 Å². The molecule has 0 spiro atoms. The topological polar surface area (TPSA) is 17.1 Å². The first kappa shape index (κ1) is 8.47. The first-order chi connectivity index (χ1) is 4.69. The van der Waals surface area contributed by atoms with Crippen LogP contribution < -0.4 is 0 Å². The number of thioether (sulfide) groups is 2. The van der Waals surface area contributed by atoms with Crippen molar-refractivity contribution in [1.82, 2.24) is 0 Å². The summed E-state index contributed by atoms with van der Waals surface area (Å²) in [6.07, 6.45) is 0.677. The van der Waals surface area contributed by atoms with Crippen molar-refractivity contribution >= 4 is 29.3 Å². The van der Waals surface area contributed by atoms with Crippen molar-refractivity contribution in [3.63, 3.8) is 0 Å². The number of hydrogen-bond donors (Lipinski definition) is 0. The number of hydrogen-bond acceptors (Lipinski definition) is 3. The number of ketones is 1. The fraction of sp³-hybridized carbons (Fsp3) is 0.857. The van der Waals surface area contributed by atoms with E-state index in [0.29, 0.717) is 12.2 Å². The third kappa shape index (κ3) is 1.51. The number of carbonyl (C=O) groups is 1. The zero-order valence-corrected chi connectivity index (χ0v) is 7.98. The van der Waals surface area contributed by atoms with Gasteiger partial charge in [0, 0.05) is 17.9 Å². The molecule has 0 amide bonds. The molecule has 0 bridgehead atoms. The van der Waals surface area contributed by atoms with Gasteiger partial charge in [-0.25, -0.2) is 0 Å². The Labute approximate surface area is 70.3 Å². The van der Waals surface area contributed by atoms with Crippen LogP contribution in [0.25, 0.3) is 0 Å². The highest BCUT2D eigenvalue weighted by atomic mass is 32.2. The monoisotopic (exact) mass is 176 g/mol. The van der Waals surface area contributed by atoms with Crippen LogP contribution in [-0.4, -0.2) is 21.4 Å². The zero-order chi connectivity index (χ0) is 7.61. The van der Waals surface area contributed by atoms with Gasteiger partial charge >= 0.3 is 0 Å². The van der Waals surface area contributed by atoms with Crippen LogP contribution in [0.15, 0.2) is 0 Å². The summed E-state index contributed by atoms with van der Waals surface area (Å²) in [4.78, 5) is 11.3. The second kappa shape index (κ2) is 3.18. The minimum Gasteiger partial charge on any atom is -0.297 e. The summed E-state index contributed by atoms with van der Waals surface area (Å²) in [5, 5.41) is 0. The third-order valence-electron chi connectivity index (χ3n) is 1.67. The van der Waals surface area contributed by atoms with Gasteiger partial charge in [-0.3, -0.25) is 4.79 Å². The molecule has 58 valence electrons. The average molecular weight is 176 g/mol. The maximum absolute atomic E-state index is 11.3. The standard InChI is InChI=1S/C7H12OS2/c1-3-6(8)7(2)9-4-5-10-7/h3-5H2,1-2H3. The van der Waals surface area contributed by atoms with Crippen LogP contribution in [0.3, 0.4) is 0 Å². The van der Waals surface area contributed by atoms with E-state index >= 15 is 0 Å². The molecule has 1 rings (SSSR count). The van der Waals surface area contributed by atoms with Gasteiger partial charge in [0.2, 0.25) is 0 Å². The maximum Gasteiger partial charge on any atom is 0.158 e. The van der Waals surface area contributed by atoms with E-state index in [0.717, 1.165) is 11.5 Å². The highest BCUT2D eigenvalue weighted by molar-refractivity contribution is 8.22. The molecule has 1 nitrogen and oxygen atoms in total. The highest BCUT2D eigenvalue weighted by Crippen LogP contribution is 2.44. The molecular weight excluding hydrogens is 164 g/mol. The lowest BCUT2D eigenvalue weighted by Crippen LogP contribution is -2.23. The summed E-state index contributed by atoms with van der Waals surface area (Å²) in [6, 6.07) is 0. The molecule has 3 heteroatoms. The molecule has 1 fully saturated rings. The van der Waals surface area contributed by atoms with Crippen LogP contribution in [0.5, 0.6) is 0 Å². The molecule has 1 aliphatic heterocycles. The lowest BCUT2D eigenvalue weighted by molar-refractivity contribution is -0.118. The minimum absolute atomic E-state index is 0.102. The van der Waals surface area contributed by atoms with Crippen molar-refractivity contribution in [2.24, 2.45) is 0 Å². The van der Waals surface area contributed by atoms with Crippen molar-refractivity contribution in [2.45, 2.75) is 24.3 Å². The Bertz CT molecular complexity index is 139. The van der Waals surface area contributed by atoms with Crippen molar-refractivity contribution in [3.8, 4) is 0 Å². The van der Waals surface area contributed by atoms with Gasteiger partial charge in [-0.05, 0) is 6.92 Å². The fourth-order valence-corrected chi connectivity index (χ4v) is 3.89. The smallest absolute Gasteiger partial charge is 0.158 e. The lowest BCUT2D eigenvalue weighted by atomic mass is 10.2. The highest BCUT2D eigenvalue weighted by Gasteiger charge is 2.36.